The smallest absolute Gasteiger partial charge is 0.223 e. The van der Waals surface area contributed by atoms with Crippen LogP contribution in [0.4, 0.5) is 0 Å². The molecule has 0 saturated heterocycles. The molecule has 1 amide bonds. The van der Waals surface area contributed by atoms with Crippen LogP contribution >= 0.6 is 0 Å². The molecular weight excluding hydrogens is 250 g/mol. The Morgan fingerprint density at radius 2 is 1.75 bits per heavy atom. The Bertz CT molecular complexity index is 442. The lowest BCUT2D eigenvalue weighted by Gasteiger charge is -2.22. The van der Waals surface area contributed by atoms with Gasteiger partial charge in [-0.1, -0.05) is 57.5 Å². The molecule has 0 aliphatic carbocycles. The van der Waals surface area contributed by atoms with Crippen molar-refractivity contribution in [1.29, 1.82) is 0 Å². The fraction of sp³-hybridized carbons (Fsp3) is 0.529. The number of amides is 1. The Balaban J connectivity index is 2.68. The highest BCUT2D eigenvalue weighted by atomic mass is 16.2. The summed E-state index contributed by atoms with van der Waals surface area (Å²) in [6.07, 6.45) is 1.51. The van der Waals surface area contributed by atoms with E-state index in [1.807, 2.05) is 37.3 Å². The minimum Gasteiger partial charge on any atom is -0.346 e. The first-order valence-electron chi connectivity index (χ1n) is 7.30. The molecule has 20 heavy (non-hydrogen) atoms. The normalized spacial score (nSPS) is 15.2. The maximum atomic E-state index is 12.2. The Kier molecular flexibility index (Phi) is 6.43. The summed E-state index contributed by atoms with van der Waals surface area (Å²) >= 11 is 0. The maximum Gasteiger partial charge on any atom is 0.223 e. The van der Waals surface area contributed by atoms with Gasteiger partial charge in [-0.25, -0.2) is 0 Å². The molecule has 3 nitrogen and oxygen atoms in total. The average molecular weight is 275 g/mol. The third-order valence-corrected chi connectivity index (χ3v) is 4.00. The van der Waals surface area contributed by atoms with Gasteiger partial charge in [0.15, 0.2) is 5.78 Å². The first kappa shape index (κ1) is 16.4. The Morgan fingerprint density at radius 1 is 1.15 bits per heavy atom. The van der Waals surface area contributed by atoms with Gasteiger partial charge in [-0.05, 0) is 24.8 Å². The molecule has 1 aromatic carbocycles. The van der Waals surface area contributed by atoms with Crippen molar-refractivity contribution in [3.05, 3.63) is 35.9 Å². The zero-order valence-corrected chi connectivity index (χ0v) is 12.8. The van der Waals surface area contributed by atoms with Crippen LogP contribution < -0.4 is 5.32 Å². The number of rotatable bonds is 7. The molecular formula is C17H25NO2. The summed E-state index contributed by atoms with van der Waals surface area (Å²) in [4.78, 5) is 23.9. The molecule has 0 aromatic heterocycles. The molecule has 0 aliphatic heterocycles. The van der Waals surface area contributed by atoms with Crippen molar-refractivity contribution in [1.82, 2.24) is 5.32 Å². The minimum atomic E-state index is -0.434. The molecule has 3 heteroatoms. The van der Waals surface area contributed by atoms with Gasteiger partial charge in [0.05, 0.1) is 6.04 Å². The lowest BCUT2D eigenvalue weighted by molar-refractivity contribution is -0.130. The van der Waals surface area contributed by atoms with E-state index < -0.39 is 6.04 Å². The first-order chi connectivity index (χ1) is 9.45. The molecule has 1 aromatic rings. The molecule has 0 unspecified atom stereocenters. The van der Waals surface area contributed by atoms with Crippen LogP contribution in [0.5, 0.6) is 0 Å². The SMILES string of the molecule is CC[C@H](C)[C@H](C)C(=O)N[C@@H](Cc1ccccc1)C(C)=O. The standard InChI is InChI=1S/C17H25NO2/c1-5-12(2)13(3)17(20)18-16(14(4)19)11-15-9-7-6-8-10-15/h6-10,12-13,16H,5,11H2,1-4H3,(H,18,20)/t12-,13-,16-/m0/s1. The molecule has 0 fully saturated rings. The molecule has 110 valence electrons. The van der Waals surface area contributed by atoms with Crippen LogP contribution in [-0.2, 0) is 16.0 Å². The minimum absolute atomic E-state index is 0.00134. The number of hydrogen-bond donors (Lipinski definition) is 1. The zero-order chi connectivity index (χ0) is 15.1. The number of hydrogen-bond acceptors (Lipinski definition) is 2. The number of carbonyl (C=O) groups excluding carboxylic acids is 2. The summed E-state index contributed by atoms with van der Waals surface area (Å²) in [7, 11) is 0. The molecule has 0 heterocycles. The molecule has 0 bridgehead atoms. The monoisotopic (exact) mass is 275 g/mol. The zero-order valence-electron chi connectivity index (χ0n) is 12.8. The second-order valence-electron chi connectivity index (χ2n) is 5.54. The van der Waals surface area contributed by atoms with Crippen LogP contribution in [0.15, 0.2) is 30.3 Å². The van der Waals surface area contributed by atoms with E-state index in [4.69, 9.17) is 0 Å². The highest BCUT2D eigenvalue weighted by molar-refractivity contribution is 5.88. The van der Waals surface area contributed by atoms with Crippen LogP contribution in [0.3, 0.4) is 0 Å². The molecule has 0 aliphatic rings. The molecule has 0 saturated carbocycles. The van der Waals surface area contributed by atoms with Crippen molar-refractivity contribution >= 4 is 11.7 Å². The van der Waals surface area contributed by atoms with E-state index in [0.717, 1.165) is 12.0 Å². The third kappa shape index (κ3) is 4.80. The van der Waals surface area contributed by atoms with E-state index >= 15 is 0 Å². The third-order valence-electron chi connectivity index (χ3n) is 4.00. The van der Waals surface area contributed by atoms with Gasteiger partial charge in [0.25, 0.3) is 0 Å². The lowest BCUT2D eigenvalue weighted by atomic mass is 9.92. The van der Waals surface area contributed by atoms with Crippen molar-refractivity contribution in [3.8, 4) is 0 Å². The lowest BCUT2D eigenvalue weighted by Crippen LogP contribution is -2.44. The molecule has 3 atom stereocenters. The van der Waals surface area contributed by atoms with Crippen molar-refractivity contribution < 1.29 is 9.59 Å². The summed E-state index contributed by atoms with van der Waals surface area (Å²) in [5, 5.41) is 2.89. The van der Waals surface area contributed by atoms with Gasteiger partial charge in [-0.15, -0.1) is 0 Å². The second-order valence-corrected chi connectivity index (χ2v) is 5.54. The van der Waals surface area contributed by atoms with E-state index in [2.05, 4.69) is 19.2 Å². The van der Waals surface area contributed by atoms with Crippen LogP contribution in [0.2, 0.25) is 0 Å². The van der Waals surface area contributed by atoms with Crippen molar-refractivity contribution in [3.63, 3.8) is 0 Å². The Labute approximate surface area is 121 Å². The molecule has 1 N–H and O–H groups in total. The van der Waals surface area contributed by atoms with Gasteiger partial charge in [-0.2, -0.15) is 0 Å². The van der Waals surface area contributed by atoms with Crippen LogP contribution in [-0.4, -0.2) is 17.7 Å². The predicted octanol–water partition coefficient (Wildman–Crippen LogP) is 2.99. The predicted molar refractivity (Wildman–Crippen MR) is 81.4 cm³/mol. The molecule has 0 radical (unpaired) electrons. The fourth-order valence-corrected chi connectivity index (χ4v) is 2.06. The van der Waals surface area contributed by atoms with E-state index in [0.29, 0.717) is 12.3 Å². The fourth-order valence-electron chi connectivity index (χ4n) is 2.06. The molecule has 1 rings (SSSR count). The number of carbonyl (C=O) groups is 2. The van der Waals surface area contributed by atoms with Gasteiger partial charge >= 0.3 is 0 Å². The summed E-state index contributed by atoms with van der Waals surface area (Å²) < 4.78 is 0. The summed E-state index contributed by atoms with van der Waals surface area (Å²) in [5.74, 6) is 0.214. The largest absolute Gasteiger partial charge is 0.346 e. The van der Waals surface area contributed by atoms with Gasteiger partial charge in [-0.3, -0.25) is 9.59 Å². The van der Waals surface area contributed by atoms with Crippen LogP contribution in [0, 0.1) is 11.8 Å². The Morgan fingerprint density at radius 3 is 2.25 bits per heavy atom. The first-order valence-corrected chi connectivity index (χ1v) is 7.30. The number of Topliss-reactive ketones (excluding diaryl/α,β-unsaturated/α-hetero) is 1. The van der Waals surface area contributed by atoms with Crippen LogP contribution in [0.25, 0.3) is 0 Å². The summed E-state index contributed by atoms with van der Waals surface area (Å²) in [6, 6.07) is 9.33. The van der Waals surface area contributed by atoms with Crippen molar-refractivity contribution in [2.24, 2.45) is 11.8 Å². The number of benzene rings is 1. The average Bonchev–Trinajstić information content (AvgIpc) is 2.45. The van der Waals surface area contributed by atoms with Gasteiger partial charge < -0.3 is 5.32 Å². The van der Waals surface area contributed by atoms with E-state index in [1.54, 1.807) is 0 Å². The van der Waals surface area contributed by atoms with Gasteiger partial charge in [0, 0.05) is 5.92 Å². The topological polar surface area (TPSA) is 46.2 Å². The van der Waals surface area contributed by atoms with E-state index in [1.165, 1.54) is 6.92 Å². The van der Waals surface area contributed by atoms with Crippen molar-refractivity contribution in [2.75, 3.05) is 0 Å². The maximum absolute atomic E-state index is 12.2. The van der Waals surface area contributed by atoms with Gasteiger partial charge in [0.1, 0.15) is 0 Å². The quantitative estimate of drug-likeness (QED) is 0.831. The second kappa shape index (κ2) is 7.83. The highest BCUT2D eigenvalue weighted by Crippen LogP contribution is 2.15. The number of nitrogens with one attached hydrogen (secondary N) is 1. The number of ketones is 1. The van der Waals surface area contributed by atoms with E-state index in [-0.39, 0.29) is 17.6 Å². The van der Waals surface area contributed by atoms with E-state index in [9.17, 15) is 9.59 Å². The van der Waals surface area contributed by atoms with Gasteiger partial charge in [0.2, 0.25) is 5.91 Å². The molecule has 0 spiro atoms. The summed E-state index contributed by atoms with van der Waals surface area (Å²) in [6.45, 7) is 7.58. The summed E-state index contributed by atoms with van der Waals surface area (Å²) in [5.41, 5.74) is 1.06. The highest BCUT2D eigenvalue weighted by Gasteiger charge is 2.23. The van der Waals surface area contributed by atoms with Crippen LogP contribution in [0.1, 0.15) is 39.7 Å². The Hall–Kier alpha value is -1.64. The van der Waals surface area contributed by atoms with Crippen molar-refractivity contribution in [2.45, 2.75) is 46.6 Å².